The number of morpholine rings is 1. The Morgan fingerprint density at radius 3 is 2.85 bits per heavy atom. The first-order valence-corrected chi connectivity index (χ1v) is 7.33. The van der Waals surface area contributed by atoms with Crippen molar-refractivity contribution in [2.24, 2.45) is 0 Å². The molecule has 1 aromatic carbocycles. The summed E-state index contributed by atoms with van der Waals surface area (Å²) in [4.78, 5) is 13.7. The molecule has 1 atom stereocenters. The van der Waals surface area contributed by atoms with Crippen LogP contribution >= 0.6 is 15.9 Å². The van der Waals surface area contributed by atoms with Gasteiger partial charge in [0.1, 0.15) is 5.75 Å². The fourth-order valence-corrected chi connectivity index (χ4v) is 2.36. The molecule has 1 aliphatic heterocycles. The first kappa shape index (κ1) is 15.3. The Bertz CT molecular complexity index is 472. The van der Waals surface area contributed by atoms with Gasteiger partial charge < -0.3 is 19.5 Å². The molecular weight excluding hydrogens is 326 g/mol. The van der Waals surface area contributed by atoms with Crippen molar-refractivity contribution in [1.29, 1.82) is 0 Å². The number of hydrogen-bond acceptors (Lipinski definition) is 4. The highest BCUT2D eigenvalue weighted by molar-refractivity contribution is 9.10. The van der Waals surface area contributed by atoms with Crippen molar-refractivity contribution in [2.75, 3.05) is 32.9 Å². The molecule has 0 bridgehead atoms. The van der Waals surface area contributed by atoms with Gasteiger partial charge in [-0.25, -0.2) is 0 Å². The molecule has 0 saturated carbocycles. The number of amides is 1. The van der Waals surface area contributed by atoms with E-state index in [4.69, 9.17) is 9.47 Å². The zero-order chi connectivity index (χ0) is 14.5. The number of benzene rings is 1. The number of aliphatic hydroxyl groups is 1. The lowest BCUT2D eigenvalue weighted by molar-refractivity contribution is -0.137. The largest absolute Gasteiger partial charge is 0.483 e. The smallest absolute Gasteiger partial charge is 0.260 e. The van der Waals surface area contributed by atoms with Gasteiger partial charge in [0, 0.05) is 23.1 Å². The Morgan fingerprint density at radius 1 is 1.50 bits per heavy atom. The number of halogens is 1. The van der Waals surface area contributed by atoms with E-state index < -0.39 is 6.10 Å². The highest BCUT2D eigenvalue weighted by Crippen LogP contribution is 2.28. The van der Waals surface area contributed by atoms with Gasteiger partial charge in [-0.3, -0.25) is 4.79 Å². The third kappa shape index (κ3) is 3.94. The van der Waals surface area contributed by atoms with E-state index in [2.05, 4.69) is 15.9 Å². The topological polar surface area (TPSA) is 59.0 Å². The van der Waals surface area contributed by atoms with Gasteiger partial charge in [-0.1, -0.05) is 22.0 Å². The van der Waals surface area contributed by atoms with Crippen molar-refractivity contribution in [3.8, 4) is 5.75 Å². The summed E-state index contributed by atoms with van der Waals surface area (Å²) in [6.07, 6.45) is -0.642. The van der Waals surface area contributed by atoms with Crippen LogP contribution in [0.3, 0.4) is 0 Å². The molecule has 0 aromatic heterocycles. The summed E-state index contributed by atoms with van der Waals surface area (Å²) in [6.45, 7) is 3.98. The molecule has 20 heavy (non-hydrogen) atoms. The summed E-state index contributed by atoms with van der Waals surface area (Å²) in [7, 11) is 0. The van der Waals surface area contributed by atoms with E-state index in [9.17, 15) is 9.90 Å². The van der Waals surface area contributed by atoms with Crippen molar-refractivity contribution >= 4 is 21.8 Å². The Hall–Kier alpha value is -1.11. The summed E-state index contributed by atoms with van der Waals surface area (Å²) in [5.41, 5.74) is 0.669. The first-order valence-electron chi connectivity index (χ1n) is 6.54. The maximum Gasteiger partial charge on any atom is 0.260 e. The summed E-state index contributed by atoms with van der Waals surface area (Å²) >= 11 is 3.36. The van der Waals surface area contributed by atoms with Gasteiger partial charge in [-0.05, 0) is 19.1 Å². The van der Waals surface area contributed by atoms with Gasteiger partial charge in [-0.2, -0.15) is 0 Å². The second kappa shape index (κ2) is 7.06. The fourth-order valence-electron chi connectivity index (χ4n) is 2.02. The monoisotopic (exact) mass is 343 g/mol. The zero-order valence-electron chi connectivity index (χ0n) is 11.3. The van der Waals surface area contributed by atoms with Crippen LogP contribution in [-0.2, 0) is 9.53 Å². The van der Waals surface area contributed by atoms with Crippen LogP contribution in [0.2, 0.25) is 0 Å². The maximum absolute atomic E-state index is 12.0. The summed E-state index contributed by atoms with van der Waals surface area (Å²) < 4.78 is 11.6. The van der Waals surface area contributed by atoms with Crippen LogP contribution < -0.4 is 4.74 Å². The van der Waals surface area contributed by atoms with Gasteiger partial charge in [0.25, 0.3) is 5.91 Å². The number of rotatable bonds is 4. The predicted molar refractivity (Wildman–Crippen MR) is 77.7 cm³/mol. The van der Waals surface area contributed by atoms with Crippen molar-refractivity contribution < 1.29 is 19.4 Å². The minimum Gasteiger partial charge on any atom is -0.483 e. The van der Waals surface area contributed by atoms with Gasteiger partial charge in [-0.15, -0.1) is 0 Å². The van der Waals surface area contributed by atoms with E-state index in [1.807, 2.05) is 6.07 Å². The van der Waals surface area contributed by atoms with Crippen LogP contribution in [0, 0.1) is 0 Å². The molecule has 1 amide bonds. The van der Waals surface area contributed by atoms with E-state index in [1.54, 1.807) is 24.0 Å². The highest BCUT2D eigenvalue weighted by Gasteiger charge is 2.18. The maximum atomic E-state index is 12.0. The number of hydrogen-bond donors (Lipinski definition) is 1. The number of carbonyl (C=O) groups is 1. The predicted octanol–water partition coefficient (Wildman–Crippen LogP) is 1.74. The molecule has 6 heteroatoms. The highest BCUT2D eigenvalue weighted by atomic mass is 79.9. The standard InChI is InChI=1S/C14H18BrNO4/c1-10(17)12-3-2-11(15)8-13(12)20-9-14(18)16-4-6-19-7-5-16/h2-3,8,10,17H,4-7,9H2,1H3/t10-/m1/s1. The van der Waals surface area contributed by atoms with E-state index in [-0.39, 0.29) is 12.5 Å². The molecule has 110 valence electrons. The Balaban J connectivity index is 1.99. The molecule has 2 rings (SSSR count). The van der Waals surface area contributed by atoms with Gasteiger partial charge in [0.2, 0.25) is 0 Å². The van der Waals surface area contributed by atoms with Crippen molar-refractivity contribution in [3.63, 3.8) is 0 Å². The number of nitrogens with zero attached hydrogens (tertiary/aromatic N) is 1. The molecule has 1 N–H and O–H groups in total. The first-order chi connectivity index (χ1) is 9.58. The molecule has 1 heterocycles. The molecule has 0 aliphatic carbocycles. The van der Waals surface area contributed by atoms with Crippen LogP contribution in [0.5, 0.6) is 5.75 Å². The lowest BCUT2D eigenvalue weighted by Crippen LogP contribution is -2.43. The van der Waals surface area contributed by atoms with Gasteiger partial charge >= 0.3 is 0 Å². The Kier molecular flexibility index (Phi) is 5.39. The third-order valence-corrected chi connectivity index (χ3v) is 3.63. The third-order valence-electron chi connectivity index (χ3n) is 3.14. The second-order valence-electron chi connectivity index (χ2n) is 4.64. The van der Waals surface area contributed by atoms with Crippen LogP contribution in [0.25, 0.3) is 0 Å². The summed E-state index contributed by atoms with van der Waals surface area (Å²) in [5.74, 6) is 0.459. The second-order valence-corrected chi connectivity index (χ2v) is 5.56. The fraction of sp³-hybridized carbons (Fsp3) is 0.500. The minimum absolute atomic E-state index is 0.0316. The Morgan fingerprint density at radius 2 is 2.20 bits per heavy atom. The molecule has 0 radical (unpaired) electrons. The van der Waals surface area contributed by atoms with Crippen molar-refractivity contribution in [3.05, 3.63) is 28.2 Å². The SMILES string of the molecule is C[C@@H](O)c1ccc(Br)cc1OCC(=O)N1CCOCC1. The molecule has 1 saturated heterocycles. The van der Waals surface area contributed by atoms with Crippen molar-refractivity contribution in [2.45, 2.75) is 13.0 Å². The van der Waals surface area contributed by atoms with Crippen LogP contribution in [0.4, 0.5) is 0 Å². The van der Waals surface area contributed by atoms with E-state index in [0.29, 0.717) is 37.6 Å². The lowest BCUT2D eigenvalue weighted by Gasteiger charge is -2.27. The average Bonchev–Trinajstić information content (AvgIpc) is 2.45. The molecule has 1 fully saturated rings. The minimum atomic E-state index is -0.642. The average molecular weight is 344 g/mol. The zero-order valence-corrected chi connectivity index (χ0v) is 12.9. The van der Waals surface area contributed by atoms with Crippen LogP contribution in [0.1, 0.15) is 18.6 Å². The lowest BCUT2D eigenvalue weighted by atomic mass is 10.1. The van der Waals surface area contributed by atoms with E-state index >= 15 is 0 Å². The molecule has 0 unspecified atom stereocenters. The van der Waals surface area contributed by atoms with Gasteiger partial charge in [0.15, 0.2) is 6.61 Å². The van der Waals surface area contributed by atoms with Gasteiger partial charge in [0.05, 0.1) is 19.3 Å². The summed E-state index contributed by atoms with van der Waals surface area (Å²) in [5, 5.41) is 9.70. The normalized spacial score (nSPS) is 16.9. The quantitative estimate of drug-likeness (QED) is 0.904. The van der Waals surface area contributed by atoms with Crippen molar-refractivity contribution in [1.82, 2.24) is 4.90 Å². The molecule has 0 spiro atoms. The molecular formula is C14H18BrNO4. The molecule has 5 nitrogen and oxygen atoms in total. The summed E-state index contributed by atoms with van der Waals surface area (Å²) in [6, 6.07) is 5.37. The van der Waals surface area contributed by atoms with E-state index in [0.717, 1.165) is 4.47 Å². The Labute approximate surface area is 126 Å². The number of aliphatic hydroxyl groups excluding tert-OH is 1. The van der Waals surface area contributed by atoms with Crippen LogP contribution in [-0.4, -0.2) is 48.8 Å². The van der Waals surface area contributed by atoms with Crippen LogP contribution in [0.15, 0.2) is 22.7 Å². The molecule has 1 aliphatic rings. The molecule has 1 aromatic rings. The number of ether oxygens (including phenoxy) is 2. The number of carbonyl (C=O) groups excluding carboxylic acids is 1. The van der Waals surface area contributed by atoms with E-state index in [1.165, 1.54) is 0 Å².